The molecule has 7 atom stereocenters. The standard InChI is InChI=1S/C24H45N3O5/c1-7-25-23(30)26-19-9-11-24(4)10-8-18(21(28)20(24)17(19)3)16(2)22(29)27(12-14-31-5)13-15-32-6/h16-21,28H,7-15H2,1-6H3,(H2,25,26,30)/t16-,17+,18-,19-,20+,21-,24-/m0/s1. The van der Waals surface area contributed by atoms with Gasteiger partial charge in [-0.15, -0.1) is 0 Å². The van der Waals surface area contributed by atoms with Crippen LogP contribution in [0.5, 0.6) is 0 Å². The minimum atomic E-state index is -0.576. The molecule has 2 fully saturated rings. The van der Waals surface area contributed by atoms with Crippen molar-refractivity contribution in [3.05, 3.63) is 0 Å². The topological polar surface area (TPSA) is 100 Å². The van der Waals surface area contributed by atoms with Gasteiger partial charge in [0.2, 0.25) is 5.91 Å². The first-order valence-corrected chi connectivity index (χ1v) is 12.2. The summed E-state index contributed by atoms with van der Waals surface area (Å²) < 4.78 is 10.4. The van der Waals surface area contributed by atoms with Gasteiger partial charge in [-0.1, -0.05) is 20.8 Å². The maximum Gasteiger partial charge on any atom is 0.315 e. The van der Waals surface area contributed by atoms with E-state index in [-0.39, 0.29) is 47.1 Å². The van der Waals surface area contributed by atoms with Gasteiger partial charge in [0.25, 0.3) is 0 Å². The third-order valence-electron chi connectivity index (χ3n) is 8.02. The Morgan fingerprint density at radius 3 is 2.31 bits per heavy atom. The third-order valence-corrected chi connectivity index (χ3v) is 8.02. The van der Waals surface area contributed by atoms with Crippen LogP contribution in [-0.4, -0.2) is 81.2 Å². The highest BCUT2D eigenvalue weighted by Crippen LogP contribution is 2.55. The number of hydrogen-bond acceptors (Lipinski definition) is 5. The Hall–Kier alpha value is -1.38. The summed E-state index contributed by atoms with van der Waals surface area (Å²) in [5.41, 5.74) is 0.0311. The fourth-order valence-corrected chi connectivity index (χ4v) is 6.08. The number of carbonyl (C=O) groups is 2. The summed E-state index contributed by atoms with van der Waals surface area (Å²) in [6, 6.07) is -0.121. The Bertz CT molecular complexity index is 610. The van der Waals surface area contributed by atoms with Crippen LogP contribution in [0.3, 0.4) is 0 Å². The van der Waals surface area contributed by atoms with E-state index >= 15 is 0 Å². The Kier molecular flexibility index (Phi) is 10.2. The van der Waals surface area contributed by atoms with Gasteiger partial charge in [-0.2, -0.15) is 0 Å². The van der Waals surface area contributed by atoms with Gasteiger partial charge in [-0.05, 0) is 55.8 Å². The van der Waals surface area contributed by atoms with E-state index in [0.717, 1.165) is 25.7 Å². The molecule has 2 aliphatic carbocycles. The fraction of sp³-hybridized carbons (Fsp3) is 0.917. The molecule has 0 aromatic rings. The highest BCUT2D eigenvalue weighted by Gasteiger charge is 2.54. The van der Waals surface area contributed by atoms with Crippen molar-refractivity contribution in [1.29, 1.82) is 0 Å². The van der Waals surface area contributed by atoms with Gasteiger partial charge in [0, 0.05) is 45.8 Å². The number of nitrogens with one attached hydrogen (secondary N) is 2. The van der Waals surface area contributed by atoms with Crippen LogP contribution in [0.1, 0.15) is 53.4 Å². The van der Waals surface area contributed by atoms with Crippen molar-refractivity contribution in [2.45, 2.75) is 65.5 Å². The van der Waals surface area contributed by atoms with E-state index in [2.05, 4.69) is 24.5 Å². The highest BCUT2D eigenvalue weighted by molar-refractivity contribution is 5.79. The highest BCUT2D eigenvalue weighted by atomic mass is 16.5. The van der Waals surface area contributed by atoms with E-state index in [1.54, 1.807) is 19.1 Å². The molecule has 32 heavy (non-hydrogen) atoms. The Morgan fingerprint density at radius 2 is 1.75 bits per heavy atom. The second kappa shape index (κ2) is 12.2. The van der Waals surface area contributed by atoms with Gasteiger partial charge in [-0.3, -0.25) is 4.79 Å². The van der Waals surface area contributed by atoms with Crippen LogP contribution in [0.2, 0.25) is 0 Å². The van der Waals surface area contributed by atoms with E-state index in [4.69, 9.17) is 9.47 Å². The van der Waals surface area contributed by atoms with Crippen LogP contribution in [-0.2, 0) is 14.3 Å². The Balaban J connectivity index is 2.14. The minimum absolute atomic E-state index is 0.0268. The molecule has 0 unspecified atom stereocenters. The van der Waals surface area contributed by atoms with Crippen molar-refractivity contribution in [3.63, 3.8) is 0 Å². The molecular weight excluding hydrogens is 410 g/mol. The van der Waals surface area contributed by atoms with Crippen LogP contribution in [0.15, 0.2) is 0 Å². The first-order chi connectivity index (χ1) is 15.2. The summed E-state index contributed by atoms with van der Waals surface area (Å²) in [6.07, 6.45) is 3.14. The Morgan fingerprint density at radius 1 is 1.16 bits per heavy atom. The lowest BCUT2D eigenvalue weighted by Gasteiger charge is -2.56. The number of carbonyl (C=O) groups excluding carboxylic acids is 2. The molecule has 2 aliphatic rings. The second-order valence-electron chi connectivity index (χ2n) is 9.98. The van der Waals surface area contributed by atoms with Crippen LogP contribution in [0.25, 0.3) is 0 Å². The number of nitrogens with zero attached hydrogens (tertiary/aromatic N) is 1. The van der Waals surface area contributed by atoms with Gasteiger partial charge < -0.3 is 30.1 Å². The maximum absolute atomic E-state index is 13.3. The summed E-state index contributed by atoms with van der Waals surface area (Å²) in [4.78, 5) is 27.3. The van der Waals surface area contributed by atoms with Crippen LogP contribution in [0, 0.1) is 29.1 Å². The average molecular weight is 456 g/mol. The molecule has 3 N–H and O–H groups in total. The van der Waals surface area contributed by atoms with E-state index < -0.39 is 6.10 Å². The summed E-state index contributed by atoms with van der Waals surface area (Å²) in [6.45, 7) is 10.8. The number of amides is 3. The molecule has 0 bridgehead atoms. The molecule has 0 aliphatic heterocycles. The molecule has 3 amide bonds. The van der Waals surface area contributed by atoms with Crippen LogP contribution >= 0.6 is 0 Å². The molecule has 0 heterocycles. The Labute approximate surface area is 193 Å². The molecule has 8 nitrogen and oxygen atoms in total. The fourth-order valence-electron chi connectivity index (χ4n) is 6.08. The molecule has 0 aromatic heterocycles. The largest absolute Gasteiger partial charge is 0.392 e. The molecule has 2 rings (SSSR count). The zero-order valence-corrected chi connectivity index (χ0v) is 20.9. The number of ether oxygens (including phenoxy) is 2. The molecule has 0 spiro atoms. The second-order valence-corrected chi connectivity index (χ2v) is 9.98. The van der Waals surface area contributed by atoms with E-state index in [0.29, 0.717) is 32.8 Å². The zero-order valence-electron chi connectivity index (χ0n) is 20.9. The molecule has 0 saturated heterocycles. The number of fused-ring (bicyclic) bond motifs is 1. The minimum Gasteiger partial charge on any atom is -0.392 e. The van der Waals surface area contributed by atoms with Crippen molar-refractivity contribution in [1.82, 2.24) is 15.5 Å². The smallest absolute Gasteiger partial charge is 0.315 e. The number of methoxy groups -OCH3 is 2. The summed E-state index contributed by atoms with van der Waals surface area (Å²) >= 11 is 0. The quantitative estimate of drug-likeness (QED) is 0.469. The molecule has 2 saturated carbocycles. The summed E-state index contributed by atoms with van der Waals surface area (Å²) in [5.74, 6) is -0.156. The van der Waals surface area contributed by atoms with Gasteiger partial charge in [0.15, 0.2) is 0 Å². The van der Waals surface area contributed by atoms with Crippen molar-refractivity contribution >= 4 is 11.9 Å². The molecule has 0 aromatic carbocycles. The number of hydrogen-bond donors (Lipinski definition) is 3. The van der Waals surface area contributed by atoms with E-state index in [1.165, 1.54) is 0 Å². The molecule has 8 heteroatoms. The maximum atomic E-state index is 13.3. The first-order valence-electron chi connectivity index (χ1n) is 12.2. The zero-order chi connectivity index (χ0) is 23.9. The number of aliphatic hydroxyl groups excluding tert-OH is 1. The van der Waals surface area contributed by atoms with Crippen molar-refractivity contribution in [2.24, 2.45) is 29.1 Å². The van der Waals surface area contributed by atoms with Crippen molar-refractivity contribution in [2.75, 3.05) is 47.1 Å². The predicted molar refractivity (Wildman–Crippen MR) is 124 cm³/mol. The molecule has 0 radical (unpaired) electrons. The van der Waals surface area contributed by atoms with E-state index in [9.17, 15) is 14.7 Å². The van der Waals surface area contributed by atoms with E-state index in [1.807, 2.05) is 13.8 Å². The normalized spacial score (nSPS) is 33.2. The third kappa shape index (κ3) is 6.14. The average Bonchev–Trinajstić information content (AvgIpc) is 2.75. The SMILES string of the molecule is CCNC(=O)N[C@H]1CC[C@]2(C)CC[C@@H]([C@H](C)C(=O)N(CCOC)CCOC)[C@H](O)[C@H]2[C@@H]1C. The number of rotatable bonds is 10. The molecule has 186 valence electrons. The monoisotopic (exact) mass is 455 g/mol. The van der Waals surface area contributed by atoms with Gasteiger partial charge in [0.1, 0.15) is 0 Å². The number of aliphatic hydroxyl groups is 1. The number of urea groups is 1. The van der Waals surface area contributed by atoms with Crippen LogP contribution < -0.4 is 10.6 Å². The van der Waals surface area contributed by atoms with Gasteiger partial charge >= 0.3 is 6.03 Å². The van der Waals surface area contributed by atoms with Gasteiger partial charge in [0.05, 0.1) is 19.3 Å². The summed E-state index contributed by atoms with van der Waals surface area (Å²) in [5, 5.41) is 17.5. The first kappa shape index (κ1) is 26.9. The predicted octanol–water partition coefficient (Wildman–Crippen LogP) is 2.25. The lowest BCUT2D eigenvalue weighted by Crippen LogP contribution is -2.59. The molecular formula is C24H45N3O5. The lowest BCUT2D eigenvalue weighted by molar-refractivity contribution is -0.151. The van der Waals surface area contributed by atoms with Crippen molar-refractivity contribution < 1.29 is 24.2 Å². The van der Waals surface area contributed by atoms with Crippen molar-refractivity contribution in [3.8, 4) is 0 Å². The van der Waals surface area contributed by atoms with Crippen LogP contribution in [0.4, 0.5) is 4.79 Å². The summed E-state index contributed by atoms with van der Waals surface area (Å²) in [7, 11) is 3.26. The van der Waals surface area contributed by atoms with Gasteiger partial charge in [-0.25, -0.2) is 4.79 Å². The lowest BCUT2D eigenvalue weighted by atomic mass is 9.51.